The summed E-state index contributed by atoms with van der Waals surface area (Å²) in [6.07, 6.45) is 6.18. The number of aromatic nitrogens is 3. The molecule has 0 atom stereocenters. The molecule has 0 radical (unpaired) electrons. The number of hydrogen-bond donors (Lipinski definition) is 1. The molecule has 19 heavy (non-hydrogen) atoms. The summed E-state index contributed by atoms with van der Waals surface area (Å²) in [6.45, 7) is 2.75. The van der Waals surface area contributed by atoms with Crippen molar-refractivity contribution in [2.45, 2.75) is 25.0 Å². The predicted molar refractivity (Wildman–Crippen MR) is 73.3 cm³/mol. The van der Waals surface area contributed by atoms with Gasteiger partial charge in [-0.3, -0.25) is 9.78 Å². The third-order valence-corrected chi connectivity index (χ3v) is 3.65. The Morgan fingerprint density at radius 3 is 2.79 bits per heavy atom. The van der Waals surface area contributed by atoms with Crippen molar-refractivity contribution in [3.05, 3.63) is 42.0 Å². The molecule has 2 heterocycles. The Kier molecular flexibility index (Phi) is 4.57. The molecule has 2 aromatic heterocycles. The van der Waals surface area contributed by atoms with Crippen LogP contribution in [0.3, 0.4) is 0 Å². The zero-order valence-electron chi connectivity index (χ0n) is 10.6. The van der Waals surface area contributed by atoms with E-state index in [4.69, 9.17) is 5.11 Å². The van der Waals surface area contributed by atoms with Gasteiger partial charge in [-0.15, -0.1) is 0 Å². The van der Waals surface area contributed by atoms with Crippen molar-refractivity contribution in [1.82, 2.24) is 14.5 Å². The first-order valence-corrected chi connectivity index (χ1v) is 6.97. The molecule has 0 spiro atoms. The number of thioether (sulfide) groups is 1. The smallest absolute Gasteiger partial charge is 0.313 e. The van der Waals surface area contributed by atoms with E-state index >= 15 is 0 Å². The fraction of sp³-hybridized carbons (Fsp3) is 0.308. The van der Waals surface area contributed by atoms with Crippen molar-refractivity contribution in [3.8, 4) is 0 Å². The monoisotopic (exact) mass is 277 g/mol. The number of imidazole rings is 1. The van der Waals surface area contributed by atoms with Crippen LogP contribution in [0.25, 0.3) is 0 Å². The average molecular weight is 277 g/mol. The summed E-state index contributed by atoms with van der Waals surface area (Å²) in [7, 11) is 0. The second-order valence-corrected chi connectivity index (χ2v) is 4.95. The van der Waals surface area contributed by atoms with Gasteiger partial charge in [-0.25, -0.2) is 4.98 Å². The first kappa shape index (κ1) is 13.6. The molecule has 0 aliphatic rings. The van der Waals surface area contributed by atoms with Gasteiger partial charge < -0.3 is 9.67 Å². The second-order valence-electron chi connectivity index (χ2n) is 4.01. The highest BCUT2D eigenvalue weighted by molar-refractivity contribution is 7.99. The van der Waals surface area contributed by atoms with Crippen LogP contribution in [0.2, 0.25) is 0 Å². The maximum Gasteiger partial charge on any atom is 0.313 e. The van der Waals surface area contributed by atoms with E-state index in [0.717, 1.165) is 22.8 Å². The van der Waals surface area contributed by atoms with Crippen molar-refractivity contribution < 1.29 is 9.90 Å². The molecule has 0 aliphatic heterocycles. The zero-order chi connectivity index (χ0) is 13.7. The van der Waals surface area contributed by atoms with Crippen molar-refractivity contribution in [2.24, 2.45) is 0 Å². The molecular weight excluding hydrogens is 262 g/mol. The summed E-state index contributed by atoms with van der Waals surface area (Å²) in [5, 5.41) is 9.50. The van der Waals surface area contributed by atoms with Crippen LogP contribution in [-0.4, -0.2) is 31.4 Å². The summed E-state index contributed by atoms with van der Waals surface area (Å²) in [6, 6.07) is 3.90. The number of hydrogen-bond acceptors (Lipinski definition) is 4. The number of carboxylic acid groups (broad SMARTS) is 1. The van der Waals surface area contributed by atoms with Crippen LogP contribution in [-0.2, 0) is 17.8 Å². The molecule has 0 fully saturated rings. The second kappa shape index (κ2) is 6.38. The standard InChI is InChI=1S/C13H15N3O2S/c1-2-11-7-15-13(19-9-12(17)18)16(11)8-10-3-5-14-6-4-10/h3-7H,2,8-9H2,1H3,(H,17,18). The predicted octanol–water partition coefficient (Wildman–Crippen LogP) is 2.07. The summed E-state index contributed by atoms with van der Waals surface area (Å²) in [5.74, 6) is -0.808. The molecule has 2 rings (SSSR count). The summed E-state index contributed by atoms with van der Waals surface area (Å²) < 4.78 is 2.06. The van der Waals surface area contributed by atoms with E-state index in [9.17, 15) is 4.79 Å². The first-order chi connectivity index (χ1) is 9.20. The average Bonchev–Trinajstić information content (AvgIpc) is 2.80. The normalized spacial score (nSPS) is 10.6. The van der Waals surface area contributed by atoms with Gasteiger partial charge in [-0.05, 0) is 24.1 Å². The minimum atomic E-state index is -0.832. The molecule has 0 unspecified atom stereocenters. The molecule has 5 nitrogen and oxygen atoms in total. The highest BCUT2D eigenvalue weighted by atomic mass is 32.2. The van der Waals surface area contributed by atoms with Crippen LogP contribution >= 0.6 is 11.8 Å². The highest BCUT2D eigenvalue weighted by Crippen LogP contribution is 2.20. The van der Waals surface area contributed by atoms with Crippen LogP contribution in [0.4, 0.5) is 0 Å². The molecule has 6 heteroatoms. The number of rotatable bonds is 6. The van der Waals surface area contributed by atoms with Gasteiger partial charge in [0, 0.05) is 30.8 Å². The van der Waals surface area contributed by atoms with Crippen molar-refractivity contribution >= 4 is 17.7 Å². The Morgan fingerprint density at radius 1 is 1.42 bits per heavy atom. The van der Waals surface area contributed by atoms with Crippen LogP contribution in [0, 0.1) is 0 Å². The fourth-order valence-corrected chi connectivity index (χ4v) is 2.47. The number of pyridine rings is 1. The Hall–Kier alpha value is -1.82. The van der Waals surface area contributed by atoms with Crippen molar-refractivity contribution in [1.29, 1.82) is 0 Å². The van der Waals surface area contributed by atoms with Gasteiger partial charge >= 0.3 is 5.97 Å². The lowest BCUT2D eigenvalue weighted by molar-refractivity contribution is -0.133. The van der Waals surface area contributed by atoms with Gasteiger partial charge in [0.2, 0.25) is 0 Å². The van der Waals surface area contributed by atoms with Crippen LogP contribution in [0.5, 0.6) is 0 Å². The summed E-state index contributed by atoms with van der Waals surface area (Å²) in [4.78, 5) is 18.9. The Balaban J connectivity index is 2.21. The summed E-state index contributed by atoms with van der Waals surface area (Å²) in [5.41, 5.74) is 2.23. The topological polar surface area (TPSA) is 68.0 Å². The van der Waals surface area contributed by atoms with Gasteiger partial charge in [-0.2, -0.15) is 0 Å². The summed E-state index contributed by atoms with van der Waals surface area (Å²) >= 11 is 1.25. The minimum Gasteiger partial charge on any atom is -0.481 e. The maximum atomic E-state index is 10.7. The largest absolute Gasteiger partial charge is 0.481 e. The molecular formula is C13H15N3O2S. The van der Waals surface area contributed by atoms with Gasteiger partial charge in [0.25, 0.3) is 0 Å². The molecule has 0 saturated heterocycles. The van der Waals surface area contributed by atoms with E-state index in [2.05, 4.69) is 21.5 Å². The Labute approximate surface area is 115 Å². The number of carbonyl (C=O) groups is 1. The van der Waals surface area contributed by atoms with Gasteiger partial charge in [0.05, 0.1) is 5.75 Å². The van der Waals surface area contributed by atoms with E-state index in [0.29, 0.717) is 6.54 Å². The lowest BCUT2D eigenvalue weighted by atomic mass is 10.2. The van der Waals surface area contributed by atoms with Crippen molar-refractivity contribution in [2.75, 3.05) is 5.75 Å². The van der Waals surface area contributed by atoms with E-state index in [1.165, 1.54) is 11.8 Å². The fourth-order valence-electron chi connectivity index (χ4n) is 1.76. The van der Waals surface area contributed by atoms with Gasteiger partial charge in [0.15, 0.2) is 5.16 Å². The molecule has 2 aromatic rings. The SMILES string of the molecule is CCc1cnc(SCC(=O)O)n1Cc1ccncc1. The minimum absolute atomic E-state index is 0.0243. The lowest BCUT2D eigenvalue weighted by Gasteiger charge is -2.10. The third-order valence-electron chi connectivity index (χ3n) is 2.68. The van der Waals surface area contributed by atoms with E-state index < -0.39 is 5.97 Å². The zero-order valence-corrected chi connectivity index (χ0v) is 11.4. The van der Waals surface area contributed by atoms with Crippen LogP contribution in [0.15, 0.2) is 35.9 Å². The Morgan fingerprint density at radius 2 is 2.16 bits per heavy atom. The molecule has 0 bridgehead atoms. The quantitative estimate of drug-likeness (QED) is 0.819. The number of aryl methyl sites for hydroxylation is 1. The van der Waals surface area contributed by atoms with Gasteiger partial charge in [0.1, 0.15) is 0 Å². The van der Waals surface area contributed by atoms with Crippen LogP contribution < -0.4 is 0 Å². The molecule has 1 N–H and O–H groups in total. The molecule has 0 amide bonds. The van der Waals surface area contributed by atoms with E-state index in [-0.39, 0.29) is 5.75 Å². The third kappa shape index (κ3) is 3.57. The van der Waals surface area contributed by atoms with Crippen LogP contribution in [0.1, 0.15) is 18.2 Å². The first-order valence-electron chi connectivity index (χ1n) is 5.98. The van der Waals surface area contributed by atoms with E-state index in [1.54, 1.807) is 12.4 Å². The molecule has 0 aliphatic carbocycles. The number of carboxylic acids is 1. The molecule has 100 valence electrons. The molecule has 0 aromatic carbocycles. The number of nitrogens with zero attached hydrogens (tertiary/aromatic N) is 3. The molecule has 0 saturated carbocycles. The van der Waals surface area contributed by atoms with Gasteiger partial charge in [-0.1, -0.05) is 18.7 Å². The Bertz CT molecular complexity index is 554. The highest BCUT2D eigenvalue weighted by Gasteiger charge is 2.11. The number of aliphatic carboxylic acids is 1. The maximum absolute atomic E-state index is 10.7. The van der Waals surface area contributed by atoms with E-state index in [1.807, 2.05) is 18.3 Å². The lowest BCUT2D eigenvalue weighted by Crippen LogP contribution is -2.07. The van der Waals surface area contributed by atoms with Crippen molar-refractivity contribution in [3.63, 3.8) is 0 Å².